The molecule has 0 aliphatic carbocycles. The number of ether oxygens (including phenoxy) is 1. The van der Waals surface area contributed by atoms with Gasteiger partial charge in [0.05, 0.1) is 12.7 Å². The highest BCUT2D eigenvalue weighted by Crippen LogP contribution is 2.21. The maximum atomic E-state index is 12.4. The number of benzene rings is 1. The third-order valence-electron chi connectivity index (χ3n) is 4.54. The first-order valence-corrected chi connectivity index (χ1v) is 8.82. The molecule has 0 unspecified atom stereocenters. The van der Waals surface area contributed by atoms with Gasteiger partial charge in [0, 0.05) is 31.1 Å². The van der Waals surface area contributed by atoms with Crippen LogP contribution in [0.2, 0.25) is 0 Å². The van der Waals surface area contributed by atoms with E-state index in [-0.39, 0.29) is 17.7 Å². The maximum Gasteiger partial charge on any atom is 0.337 e. The van der Waals surface area contributed by atoms with E-state index in [1.54, 1.807) is 24.3 Å². The van der Waals surface area contributed by atoms with Crippen molar-refractivity contribution in [2.75, 3.05) is 25.5 Å². The van der Waals surface area contributed by atoms with Crippen molar-refractivity contribution in [1.82, 2.24) is 4.90 Å². The fourth-order valence-electron chi connectivity index (χ4n) is 2.93. The van der Waals surface area contributed by atoms with Crippen molar-refractivity contribution in [3.63, 3.8) is 0 Å². The van der Waals surface area contributed by atoms with Gasteiger partial charge in [-0.1, -0.05) is 13.3 Å². The van der Waals surface area contributed by atoms with Crippen molar-refractivity contribution >= 4 is 23.5 Å². The van der Waals surface area contributed by atoms with Crippen LogP contribution in [0.1, 0.15) is 49.4 Å². The fourth-order valence-corrected chi connectivity index (χ4v) is 2.93. The molecule has 25 heavy (non-hydrogen) atoms. The van der Waals surface area contributed by atoms with E-state index < -0.39 is 5.97 Å². The molecule has 1 aromatic carbocycles. The third kappa shape index (κ3) is 5.31. The molecular formula is C19H26N2O4. The van der Waals surface area contributed by atoms with E-state index in [4.69, 9.17) is 0 Å². The predicted molar refractivity (Wildman–Crippen MR) is 95.2 cm³/mol. The number of carbonyl (C=O) groups is 3. The second kappa shape index (κ2) is 9.20. The van der Waals surface area contributed by atoms with Gasteiger partial charge < -0.3 is 15.0 Å². The van der Waals surface area contributed by atoms with Crippen LogP contribution in [0.4, 0.5) is 5.69 Å². The standard InChI is InChI=1S/C19H26N2O4/c1-3-4-5-17(22)21-12-10-14(11-13-21)18(23)20-16-8-6-15(7-9-16)19(24)25-2/h6-9,14H,3-5,10-13H2,1-2H3,(H,20,23). The molecule has 0 aromatic heterocycles. The van der Waals surface area contributed by atoms with E-state index in [0.29, 0.717) is 43.6 Å². The van der Waals surface area contributed by atoms with Gasteiger partial charge in [-0.25, -0.2) is 4.79 Å². The second-order valence-electron chi connectivity index (χ2n) is 6.32. The summed E-state index contributed by atoms with van der Waals surface area (Å²) in [4.78, 5) is 37.7. The molecule has 6 heteroatoms. The van der Waals surface area contributed by atoms with Gasteiger partial charge in [0.2, 0.25) is 11.8 Å². The SMILES string of the molecule is CCCCC(=O)N1CCC(C(=O)Nc2ccc(C(=O)OC)cc2)CC1. The van der Waals surface area contributed by atoms with Crippen LogP contribution in [0.25, 0.3) is 0 Å². The first-order chi connectivity index (χ1) is 12.0. The second-order valence-corrected chi connectivity index (χ2v) is 6.32. The number of likely N-dealkylation sites (tertiary alicyclic amines) is 1. The third-order valence-corrected chi connectivity index (χ3v) is 4.54. The monoisotopic (exact) mass is 346 g/mol. The van der Waals surface area contributed by atoms with Gasteiger partial charge in [-0.3, -0.25) is 9.59 Å². The number of piperidine rings is 1. The van der Waals surface area contributed by atoms with E-state index in [0.717, 1.165) is 12.8 Å². The van der Waals surface area contributed by atoms with Gasteiger partial charge in [0.25, 0.3) is 0 Å². The van der Waals surface area contributed by atoms with Gasteiger partial charge in [0.1, 0.15) is 0 Å². The summed E-state index contributed by atoms with van der Waals surface area (Å²) in [5.74, 6) is -0.334. The number of esters is 1. The van der Waals surface area contributed by atoms with Gasteiger partial charge in [-0.15, -0.1) is 0 Å². The predicted octanol–water partition coefficient (Wildman–Crippen LogP) is 2.84. The molecule has 1 aliphatic rings. The Morgan fingerprint density at radius 2 is 1.80 bits per heavy atom. The average molecular weight is 346 g/mol. The average Bonchev–Trinajstić information content (AvgIpc) is 2.66. The van der Waals surface area contributed by atoms with Crippen LogP contribution >= 0.6 is 0 Å². The Bertz CT molecular complexity index is 604. The maximum absolute atomic E-state index is 12.4. The van der Waals surface area contributed by atoms with Crippen LogP contribution in [-0.4, -0.2) is 42.9 Å². The Hall–Kier alpha value is -2.37. The molecule has 0 saturated carbocycles. The van der Waals surface area contributed by atoms with E-state index in [2.05, 4.69) is 17.0 Å². The van der Waals surface area contributed by atoms with Gasteiger partial charge in [0.15, 0.2) is 0 Å². The molecule has 0 spiro atoms. The summed E-state index contributed by atoms with van der Waals surface area (Å²) in [6.45, 7) is 3.35. The van der Waals surface area contributed by atoms with Crippen LogP contribution in [0.3, 0.4) is 0 Å². The first-order valence-electron chi connectivity index (χ1n) is 8.82. The smallest absolute Gasteiger partial charge is 0.337 e. The van der Waals surface area contributed by atoms with Crippen molar-refractivity contribution in [2.24, 2.45) is 5.92 Å². The number of amides is 2. The zero-order valence-corrected chi connectivity index (χ0v) is 14.9. The van der Waals surface area contributed by atoms with Crippen molar-refractivity contribution in [3.8, 4) is 0 Å². The number of anilines is 1. The van der Waals surface area contributed by atoms with Crippen LogP contribution < -0.4 is 5.32 Å². The Labute approximate surface area is 148 Å². The highest BCUT2D eigenvalue weighted by atomic mass is 16.5. The molecule has 0 atom stereocenters. The summed E-state index contributed by atoms with van der Waals surface area (Å²) in [5.41, 5.74) is 1.10. The summed E-state index contributed by atoms with van der Waals surface area (Å²) in [5, 5.41) is 2.88. The topological polar surface area (TPSA) is 75.7 Å². The lowest BCUT2D eigenvalue weighted by Crippen LogP contribution is -2.41. The quantitative estimate of drug-likeness (QED) is 0.804. The lowest BCUT2D eigenvalue weighted by Gasteiger charge is -2.31. The van der Waals surface area contributed by atoms with Crippen molar-refractivity contribution < 1.29 is 19.1 Å². The van der Waals surface area contributed by atoms with Crippen molar-refractivity contribution in [2.45, 2.75) is 39.0 Å². The van der Waals surface area contributed by atoms with Crippen molar-refractivity contribution in [1.29, 1.82) is 0 Å². The zero-order chi connectivity index (χ0) is 18.2. The minimum atomic E-state index is -0.405. The zero-order valence-electron chi connectivity index (χ0n) is 14.9. The number of methoxy groups -OCH3 is 1. The van der Waals surface area contributed by atoms with Crippen LogP contribution in [0, 0.1) is 5.92 Å². The van der Waals surface area contributed by atoms with Gasteiger partial charge in [-0.2, -0.15) is 0 Å². The molecule has 0 bridgehead atoms. The molecular weight excluding hydrogens is 320 g/mol. The van der Waals surface area contributed by atoms with Gasteiger partial charge >= 0.3 is 5.97 Å². The molecule has 1 heterocycles. The molecule has 2 amide bonds. The Morgan fingerprint density at radius 3 is 2.36 bits per heavy atom. The molecule has 136 valence electrons. The van der Waals surface area contributed by atoms with E-state index in [1.165, 1.54) is 7.11 Å². The highest BCUT2D eigenvalue weighted by Gasteiger charge is 2.27. The minimum Gasteiger partial charge on any atom is -0.465 e. The molecule has 0 radical (unpaired) electrons. The van der Waals surface area contributed by atoms with Gasteiger partial charge in [-0.05, 0) is 43.5 Å². The summed E-state index contributed by atoms with van der Waals surface area (Å²) < 4.78 is 4.65. The lowest BCUT2D eigenvalue weighted by atomic mass is 9.95. The number of hydrogen-bond acceptors (Lipinski definition) is 4. The normalized spacial score (nSPS) is 14.9. The van der Waals surface area contributed by atoms with E-state index >= 15 is 0 Å². The Kier molecular flexibility index (Phi) is 6.98. The van der Waals surface area contributed by atoms with Crippen LogP contribution in [-0.2, 0) is 14.3 Å². The number of carbonyl (C=O) groups excluding carboxylic acids is 3. The number of hydrogen-bond donors (Lipinski definition) is 1. The van der Waals surface area contributed by atoms with Crippen LogP contribution in [0.15, 0.2) is 24.3 Å². The summed E-state index contributed by atoms with van der Waals surface area (Å²) in [6.07, 6.45) is 3.90. The molecule has 1 saturated heterocycles. The Balaban J connectivity index is 1.82. The fraction of sp³-hybridized carbons (Fsp3) is 0.526. The van der Waals surface area contributed by atoms with E-state index in [1.807, 2.05) is 4.90 Å². The number of nitrogens with one attached hydrogen (secondary N) is 1. The summed E-state index contributed by atoms with van der Waals surface area (Å²) in [6, 6.07) is 6.62. The molecule has 6 nitrogen and oxygen atoms in total. The molecule has 1 aliphatic heterocycles. The number of unbranched alkanes of at least 4 members (excludes halogenated alkanes) is 1. The Morgan fingerprint density at radius 1 is 1.16 bits per heavy atom. The van der Waals surface area contributed by atoms with Crippen molar-refractivity contribution in [3.05, 3.63) is 29.8 Å². The minimum absolute atomic E-state index is 0.0357. The number of nitrogens with zero attached hydrogens (tertiary/aromatic N) is 1. The lowest BCUT2D eigenvalue weighted by molar-refractivity contribution is -0.134. The highest BCUT2D eigenvalue weighted by molar-refractivity contribution is 5.94. The molecule has 1 N–H and O–H groups in total. The van der Waals surface area contributed by atoms with Crippen LogP contribution in [0.5, 0.6) is 0 Å². The largest absolute Gasteiger partial charge is 0.465 e. The first kappa shape index (κ1) is 19.0. The molecule has 2 rings (SSSR count). The molecule has 1 aromatic rings. The number of rotatable bonds is 6. The molecule has 1 fully saturated rings. The summed E-state index contributed by atoms with van der Waals surface area (Å²) >= 11 is 0. The summed E-state index contributed by atoms with van der Waals surface area (Å²) in [7, 11) is 1.33. The van der Waals surface area contributed by atoms with E-state index in [9.17, 15) is 14.4 Å².